The van der Waals surface area contributed by atoms with E-state index in [1.54, 1.807) is 0 Å². The Bertz CT molecular complexity index is 401. The van der Waals surface area contributed by atoms with Crippen LogP contribution in [0.25, 0.3) is 0 Å². The van der Waals surface area contributed by atoms with Crippen molar-refractivity contribution in [2.45, 2.75) is 128 Å². The minimum atomic E-state index is -1.00. The van der Waals surface area contributed by atoms with Crippen LogP contribution in [-0.2, 0) is 9.47 Å². The average molecular weight is 429 g/mol. The Labute approximate surface area is 184 Å². The van der Waals surface area contributed by atoms with Crippen LogP contribution in [0, 0.1) is 0 Å². The van der Waals surface area contributed by atoms with Gasteiger partial charge in [0.2, 0.25) is 0 Å². The first-order valence-corrected chi connectivity index (χ1v) is 12.6. The summed E-state index contributed by atoms with van der Waals surface area (Å²) >= 11 is 0. The highest BCUT2D eigenvalue weighted by Gasteiger charge is 2.40. The van der Waals surface area contributed by atoms with Crippen molar-refractivity contribution in [1.82, 2.24) is 0 Å². The van der Waals surface area contributed by atoms with E-state index in [0.717, 1.165) is 12.8 Å². The van der Waals surface area contributed by atoms with Crippen molar-refractivity contribution >= 4 is 0 Å². The molecule has 1 rings (SSSR count). The zero-order valence-corrected chi connectivity index (χ0v) is 19.4. The van der Waals surface area contributed by atoms with Gasteiger partial charge in [0.05, 0.1) is 13.2 Å². The van der Waals surface area contributed by atoms with Crippen molar-refractivity contribution in [3.63, 3.8) is 0 Å². The van der Waals surface area contributed by atoms with Gasteiger partial charge in [-0.15, -0.1) is 0 Å². The van der Waals surface area contributed by atoms with E-state index >= 15 is 0 Å². The fourth-order valence-electron chi connectivity index (χ4n) is 4.00. The molecule has 178 valence electrons. The third kappa shape index (κ3) is 13.1. The van der Waals surface area contributed by atoms with Crippen LogP contribution in [0.3, 0.4) is 0 Å². The van der Waals surface area contributed by atoms with Gasteiger partial charge in [0, 0.05) is 6.61 Å². The summed E-state index contributed by atoms with van der Waals surface area (Å²) in [6.45, 7) is 2.59. The summed E-state index contributed by atoms with van der Waals surface area (Å²) in [5.41, 5.74) is 0. The second kappa shape index (κ2) is 19.2. The summed E-state index contributed by atoms with van der Waals surface area (Å²) in [6.07, 6.45) is 21.0. The van der Waals surface area contributed by atoms with Gasteiger partial charge in [0.15, 0.2) is 0 Å². The van der Waals surface area contributed by atoms with Crippen LogP contribution in [0.1, 0.15) is 103 Å². The molecule has 0 radical (unpaired) electrons. The van der Waals surface area contributed by atoms with Crippen LogP contribution in [0.5, 0.6) is 0 Å². The van der Waals surface area contributed by atoms with Crippen molar-refractivity contribution in [3.8, 4) is 0 Å². The molecule has 0 aromatic rings. The van der Waals surface area contributed by atoms with Gasteiger partial charge in [0.25, 0.3) is 0 Å². The molecule has 1 fully saturated rings. The molecule has 0 bridgehead atoms. The second-order valence-electron chi connectivity index (χ2n) is 8.74. The van der Waals surface area contributed by atoms with Crippen molar-refractivity contribution in [2.24, 2.45) is 0 Å². The standard InChI is InChI=1S/C25H48O5/c1-2-3-4-5-6-7-8-9-10-11-12-13-14-15-16-17-18-19-29-25-23(28)21-30-24(25)22(27)20-26/h9-10,22-28H,2-8,11-21H2,1H3/b10-9+/t22-,23+,24+,25+/m0/s1. The first-order valence-electron chi connectivity index (χ1n) is 12.6. The predicted octanol–water partition coefficient (Wildman–Crippen LogP) is 4.91. The molecule has 0 saturated carbocycles. The van der Waals surface area contributed by atoms with Gasteiger partial charge in [-0.05, 0) is 32.1 Å². The van der Waals surface area contributed by atoms with Crippen LogP contribution in [0.4, 0.5) is 0 Å². The number of hydrogen-bond acceptors (Lipinski definition) is 5. The maximum absolute atomic E-state index is 9.90. The van der Waals surface area contributed by atoms with Crippen molar-refractivity contribution in [1.29, 1.82) is 0 Å². The molecule has 0 aromatic carbocycles. The quantitative estimate of drug-likeness (QED) is 0.190. The topological polar surface area (TPSA) is 79.2 Å². The van der Waals surface area contributed by atoms with Gasteiger partial charge in [-0.1, -0.05) is 83.3 Å². The number of ether oxygens (including phenoxy) is 2. The molecule has 1 aliphatic heterocycles. The Morgan fingerprint density at radius 2 is 1.40 bits per heavy atom. The molecule has 1 heterocycles. The van der Waals surface area contributed by atoms with E-state index in [2.05, 4.69) is 19.1 Å². The van der Waals surface area contributed by atoms with E-state index < -0.39 is 24.4 Å². The molecular formula is C25H48O5. The monoisotopic (exact) mass is 428 g/mol. The van der Waals surface area contributed by atoms with Crippen molar-refractivity contribution < 1.29 is 24.8 Å². The SMILES string of the molecule is CCCCCCCC/C=C/CCCCCCCCCO[C@H]1[C@@H]([C@@H](O)CO)OC[C@H]1O. The molecular weight excluding hydrogens is 380 g/mol. The van der Waals surface area contributed by atoms with E-state index in [-0.39, 0.29) is 13.2 Å². The van der Waals surface area contributed by atoms with E-state index in [4.69, 9.17) is 14.6 Å². The zero-order valence-electron chi connectivity index (χ0n) is 19.4. The first-order chi connectivity index (χ1) is 14.7. The normalized spacial score (nSPS) is 22.9. The van der Waals surface area contributed by atoms with Gasteiger partial charge in [-0.25, -0.2) is 0 Å². The number of rotatable bonds is 20. The van der Waals surface area contributed by atoms with Gasteiger partial charge in [0.1, 0.15) is 24.4 Å². The third-order valence-electron chi connectivity index (χ3n) is 5.95. The maximum Gasteiger partial charge on any atom is 0.114 e. The molecule has 3 N–H and O–H groups in total. The van der Waals surface area contributed by atoms with E-state index in [0.29, 0.717) is 6.61 Å². The first kappa shape index (κ1) is 27.6. The molecule has 0 unspecified atom stereocenters. The lowest BCUT2D eigenvalue weighted by Gasteiger charge is -2.23. The smallest absolute Gasteiger partial charge is 0.114 e. The highest BCUT2D eigenvalue weighted by molar-refractivity contribution is 4.89. The Morgan fingerprint density at radius 1 is 0.867 bits per heavy atom. The minimum absolute atomic E-state index is 0.153. The molecule has 0 aliphatic carbocycles. The number of hydrogen-bond donors (Lipinski definition) is 3. The summed E-state index contributed by atoms with van der Waals surface area (Å²) in [5.74, 6) is 0. The summed E-state index contributed by atoms with van der Waals surface area (Å²) < 4.78 is 11.0. The van der Waals surface area contributed by atoms with Gasteiger partial charge in [-0.3, -0.25) is 0 Å². The van der Waals surface area contributed by atoms with E-state index in [9.17, 15) is 10.2 Å². The Balaban J connectivity index is 1.85. The van der Waals surface area contributed by atoms with Crippen LogP contribution >= 0.6 is 0 Å². The third-order valence-corrected chi connectivity index (χ3v) is 5.95. The Hall–Kier alpha value is -0.460. The minimum Gasteiger partial charge on any atom is -0.394 e. The fourth-order valence-corrected chi connectivity index (χ4v) is 4.00. The van der Waals surface area contributed by atoms with Crippen LogP contribution in [0.2, 0.25) is 0 Å². The van der Waals surface area contributed by atoms with E-state index in [1.165, 1.54) is 83.5 Å². The molecule has 1 saturated heterocycles. The molecule has 0 amide bonds. The molecule has 4 atom stereocenters. The Morgan fingerprint density at radius 3 is 1.97 bits per heavy atom. The summed E-state index contributed by atoms with van der Waals surface area (Å²) in [4.78, 5) is 0. The second-order valence-corrected chi connectivity index (χ2v) is 8.74. The molecule has 1 aliphatic rings. The maximum atomic E-state index is 9.90. The average Bonchev–Trinajstić information content (AvgIpc) is 3.12. The molecule has 5 heteroatoms. The van der Waals surface area contributed by atoms with Gasteiger partial charge < -0.3 is 24.8 Å². The number of allylic oxidation sites excluding steroid dienone is 2. The van der Waals surface area contributed by atoms with Crippen LogP contribution in [-0.4, -0.2) is 59.6 Å². The molecule has 0 aromatic heterocycles. The number of aliphatic hydroxyl groups excluding tert-OH is 3. The predicted molar refractivity (Wildman–Crippen MR) is 123 cm³/mol. The molecule has 0 spiro atoms. The van der Waals surface area contributed by atoms with Gasteiger partial charge >= 0.3 is 0 Å². The lowest BCUT2D eigenvalue weighted by Crippen LogP contribution is -2.42. The van der Waals surface area contributed by atoms with Crippen LogP contribution in [0.15, 0.2) is 12.2 Å². The van der Waals surface area contributed by atoms with Gasteiger partial charge in [-0.2, -0.15) is 0 Å². The van der Waals surface area contributed by atoms with Crippen molar-refractivity contribution in [2.75, 3.05) is 19.8 Å². The highest BCUT2D eigenvalue weighted by atomic mass is 16.6. The van der Waals surface area contributed by atoms with Crippen LogP contribution < -0.4 is 0 Å². The van der Waals surface area contributed by atoms with E-state index in [1.807, 2.05) is 0 Å². The summed E-state index contributed by atoms with van der Waals surface area (Å²) in [7, 11) is 0. The zero-order chi connectivity index (χ0) is 21.9. The highest BCUT2D eigenvalue weighted by Crippen LogP contribution is 2.21. The molecule has 5 nitrogen and oxygen atoms in total. The lowest BCUT2D eigenvalue weighted by molar-refractivity contribution is -0.0938. The molecule has 30 heavy (non-hydrogen) atoms. The lowest BCUT2D eigenvalue weighted by atomic mass is 10.1. The van der Waals surface area contributed by atoms with Crippen molar-refractivity contribution in [3.05, 3.63) is 12.2 Å². The number of aliphatic hydroxyl groups is 3. The summed E-state index contributed by atoms with van der Waals surface area (Å²) in [6, 6.07) is 0. The largest absolute Gasteiger partial charge is 0.394 e. The fraction of sp³-hybridized carbons (Fsp3) is 0.920. The Kier molecular flexibility index (Phi) is 17.7. The number of unbranched alkanes of at least 4 members (excludes halogenated alkanes) is 13. The summed E-state index contributed by atoms with van der Waals surface area (Å²) in [5, 5.41) is 28.7.